The molecule has 1 aromatic rings. The molecular weight excluding hydrogens is 362 g/mol. The second-order valence-electron chi connectivity index (χ2n) is 6.20. The molecule has 3 rings (SSSR count). The summed E-state index contributed by atoms with van der Waals surface area (Å²) in [4.78, 5) is 25.5. The van der Waals surface area contributed by atoms with Gasteiger partial charge in [0.25, 0.3) is 0 Å². The van der Waals surface area contributed by atoms with Crippen molar-refractivity contribution in [2.75, 3.05) is 19.8 Å². The summed E-state index contributed by atoms with van der Waals surface area (Å²) in [6.07, 6.45) is 2.24. The van der Waals surface area contributed by atoms with E-state index in [9.17, 15) is 9.59 Å². The second-order valence-corrected chi connectivity index (χ2v) is 7.12. The molecule has 2 fully saturated rings. The average Bonchev–Trinajstić information content (AvgIpc) is 3.34. The van der Waals surface area contributed by atoms with Gasteiger partial charge in [-0.2, -0.15) is 0 Å². The number of benzene rings is 1. The number of halogens is 1. The van der Waals surface area contributed by atoms with E-state index in [0.29, 0.717) is 26.1 Å². The highest BCUT2D eigenvalue weighted by Gasteiger charge is 2.47. The summed E-state index contributed by atoms with van der Waals surface area (Å²) in [5, 5.41) is 9.15. The van der Waals surface area contributed by atoms with Crippen molar-refractivity contribution in [2.45, 2.75) is 31.2 Å². The Morgan fingerprint density at radius 1 is 1.22 bits per heavy atom. The molecule has 1 heterocycles. The van der Waals surface area contributed by atoms with E-state index in [2.05, 4.69) is 15.9 Å². The number of carbonyl (C=O) groups is 2. The molecule has 0 unspecified atom stereocenters. The fraction of sp³-hybridized carbons (Fsp3) is 0.529. The summed E-state index contributed by atoms with van der Waals surface area (Å²) in [5.41, 5.74) is 1.15. The van der Waals surface area contributed by atoms with Crippen LogP contribution in [0.4, 0.5) is 0 Å². The molecule has 0 radical (unpaired) electrons. The Balaban J connectivity index is 1.68. The van der Waals surface area contributed by atoms with Crippen molar-refractivity contribution in [1.82, 2.24) is 4.90 Å². The minimum Gasteiger partial charge on any atom is -0.480 e. The van der Waals surface area contributed by atoms with Gasteiger partial charge in [0.15, 0.2) is 0 Å². The number of hydrogen-bond donors (Lipinski definition) is 1. The third-order valence-electron chi connectivity index (χ3n) is 4.63. The molecule has 23 heavy (non-hydrogen) atoms. The van der Waals surface area contributed by atoms with Crippen molar-refractivity contribution in [2.24, 2.45) is 5.92 Å². The molecule has 1 N–H and O–H groups in total. The van der Waals surface area contributed by atoms with Gasteiger partial charge in [-0.15, -0.1) is 0 Å². The third-order valence-corrected chi connectivity index (χ3v) is 5.15. The van der Waals surface area contributed by atoms with Gasteiger partial charge < -0.3 is 14.7 Å². The predicted molar refractivity (Wildman–Crippen MR) is 88.2 cm³/mol. The van der Waals surface area contributed by atoms with Gasteiger partial charge in [0, 0.05) is 29.6 Å². The van der Waals surface area contributed by atoms with Crippen LogP contribution < -0.4 is 0 Å². The van der Waals surface area contributed by atoms with Gasteiger partial charge in [0.2, 0.25) is 5.91 Å². The maximum Gasteiger partial charge on any atom is 0.323 e. The van der Waals surface area contributed by atoms with Crippen LogP contribution in [0.3, 0.4) is 0 Å². The SMILES string of the molecule is O=C(O)CN(C(=O)[C@H]1C[C@H]1c1ccc(Br)cc1)C1CCOCC1. The lowest BCUT2D eigenvalue weighted by Crippen LogP contribution is -2.46. The molecular formula is C17H20BrNO4. The van der Waals surface area contributed by atoms with E-state index in [1.165, 1.54) is 0 Å². The van der Waals surface area contributed by atoms with Crippen LogP contribution in [0.5, 0.6) is 0 Å². The molecule has 1 saturated carbocycles. The summed E-state index contributed by atoms with van der Waals surface area (Å²) in [5.74, 6) is -0.844. The first-order valence-corrected chi connectivity index (χ1v) is 8.71. The van der Waals surface area contributed by atoms with Crippen molar-refractivity contribution >= 4 is 27.8 Å². The van der Waals surface area contributed by atoms with Crippen LogP contribution in [-0.2, 0) is 14.3 Å². The van der Waals surface area contributed by atoms with Crippen LogP contribution in [0.15, 0.2) is 28.7 Å². The number of carbonyl (C=O) groups excluding carboxylic acids is 1. The van der Waals surface area contributed by atoms with Gasteiger partial charge in [-0.1, -0.05) is 28.1 Å². The van der Waals surface area contributed by atoms with E-state index >= 15 is 0 Å². The standard InChI is InChI=1S/C17H20BrNO4/c18-12-3-1-11(2-4-12)14-9-15(14)17(22)19(10-16(20)21)13-5-7-23-8-6-13/h1-4,13-15H,5-10H2,(H,20,21)/t14-,15-/m0/s1. The third kappa shape index (κ3) is 3.93. The topological polar surface area (TPSA) is 66.8 Å². The van der Waals surface area contributed by atoms with Crippen molar-refractivity contribution in [3.8, 4) is 0 Å². The largest absolute Gasteiger partial charge is 0.480 e. The smallest absolute Gasteiger partial charge is 0.323 e. The van der Waals surface area contributed by atoms with E-state index < -0.39 is 5.97 Å². The molecule has 2 atom stereocenters. The summed E-state index contributed by atoms with van der Waals surface area (Å²) < 4.78 is 6.34. The lowest BCUT2D eigenvalue weighted by Gasteiger charge is -2.33. The van der Waals surface area contributed by atoms with E-state index in [-0.39, 0.29) is 30.3 Å². The number of hydrogen-bond acceptors (Lipinski definition) is 3. The van der Waals surface area contributed by atoms with Crippen LogP contribution in [0.25, 0.3) is 0 Å². The molecule has 0 spiro atoms. The molecule has 124 valence electrons. The Bertz CT molecular complexity index is 583. The van der Waals surface area contributed by atoms with Gasteiger partial charge in [-0.3, -0.25) is 9.59 Å². The summed E-state index contributed by atoms with van der Waals surface area (Å²) in [6, 6.07) is 7.99. The molecule has 6 heteroatoms. The Morgan fingerprint density at radius 3 is 2.48 bits per heavy atom. The molecule has 1 amide bonds. The zero-order chi connectivity index (χ0) is 16.4. The molecule has 1 aliphatic heterocycles. The summed E-state index contributed by atoms with van der Waals surface area (Å²) in [7, 11) is 0. The zero-order valence-electron chi connectivity index (χ0n) is 12.8. The molecule has 1 aromatic carbocycles. The van der Waals surface area contributed by atoms with Crippen LogP contribution in [0.1, 0.15) is 30.7 Å². The molecule has 1 saturated heterocycles. The highest BCUT2D eigenvalue weighted by atomic mass is 79.9. The van der Waals surface area contributed by atoms with Gasteiger partial charge in [-0.25, -0.2) is 0 Å². The Labute approximate surface area is 143 Å². The average molecular weight is 382 g/mol. The van der Waals surface area contributed by atoms with E-state index in [4.69, 9.17) is 9.84 Å². The molecule has 1 aliphatic carbocycles. The first-order chi connectivity index (χ1) is 11.1. The van der Waals surface area contributed by atoms with Crippen molar-refractivity contribution in [3.05, 3.63) is 34.3 Å². The molecule has 0 bridgehead atoms. The van der Waals surface area contributed by atoms with Crippen LogP contribution in [0, 0.1) is 5.92 Å². The first-order valence-electron chi connectivity index (χ1n) is 7.91. The first kappa shape index (κ1) is 16.5. The van der Waals surface area contributed by atoms with Gasteiger partial charge in [0.05, 0.1) is 0 Å². The maximum atomic E-state index is 12.8. The number of carboxylic acids is 1. The second kappa shape index (κ2) is 7.01. The van der Waals surface area contributed by atoms with E-state index in [0.717, 1.165) is 16.5 Å². The molecule has 5 nitrogen and oxygen atoms in total. The lowest BCUT2D eigenvalue weighted by atomic mass is 10.0. The van der Waals surface area contributed by atoms with Crippen molar-refractivity contribution in [1.29, 1.82) is 0 Å². The fourth-order valence-electron chi connectivity index (χ4n) is 3.29. The summed E-state index contributed by atoms with van der Waals surface area (Å²) >= 11 is 3.41. The minimum absolute atomic E-state index is 0.0153. The van der Waals surface area contributed by atoms with E-state index in [1.807, 2.05) is 24.3 Å². The molecule has 0 aromatic heterocycles. The number of amides is 1. The van der Waals surface area contributed by atoms with Crippen LogP contribution in [-0.4, -0.2) is 47.7 Å². The normalized spacial score (nSPS) is 24.2. The van der Waals surface area contributed by atoms with Crippen LogP contribution >= 0.6 is 15.9 Å². The Morgan fingerprint density at radius 2 is 1.87 bits per heavy atom. The Hall–Kier alpha value is -1.40. The quantitative estimate of drug-likeness (QED) is 0.851. The fourth-order valence-corrected chi connectivity index (χ4v) is 3.55. The monoisotopic (exact) mass is 381 g/mol. The number of aliphatic carboxylic acids is 1. The number of ether oxygens (including phenoxy) is 1. The van der Waals surface area contributed by atoms with Crippen molar-refractivity contribution < 1.29 is 19.4 Å². The van der Waals surface area contributed by atoms with Gasteiger partial charge >= 0.3 is 5.97 Å². The van der Waals surface area contributed by atoms with Gasteiger partial charge in [0.1, 0.15) is 6.54 Å². The number of carboxylic acid groups (broad SMARTS) is 1. The highest BCUT2D eigenvalue weighted by molar-refractivity contribution is 9.10. The summed E-state index contributed by atoms with van der Waals surface area (Å²) in [6.45, 7) is 0.969. The molecule has 2 aliphatic rings. The number of rotatable bonds is 5. The lowest BCUT2D eigenvalue weighted by molar-refractivity contribution is -0.148. The van der Waals surface area contributed by atoms with E-state index in [1.54, 1.807) is 4.90 Å². The van der Waals surface area contributed by atoms with Crippen molar-refractivity contribution in [3.63, 3.8) is 0 Å². The zero-order valence-corrected chi connectivity index (χ0v) is 14.4. The Kier molecular flexibility index (Phi) is 5.02. The van der Waals surface area contributed by atoms with Gasteiger partial charge in [-0.05, 0) is 42.9 Å². The van der Waals surface area contributed by atoms with Crippen LogP contribution in [0.2, 0.25) is 0 Å². The predicted octanol–water partition coefficient (Wildman–Crippen LogP) is 2.64. The highest BCUT2D eigenvalue weighted by Crippen LogP contribution is 2.49. The number of nitrogens with zero attached hydrogens (tertiary/aromatic N) is 1. The minimum atomic E-state index is -0.953. The maximum absolute atomic E-state index is 12.8.